The van der Waals surface area contributed by atoms with Crippen molar-refractivity contribution in [2.75, 3.05) is 13.1 Å². The van der Waals surface area contributed by atoms with Crippen LogP contribution in [0, 0.1) is 5.92 Å². The van der Waals surface area contributed by atoms with E-state index in [-0.39, 0.29) is 11.9 Å². The number of nitrogens with zero attached hydrogens (tertiary/aromatic N) is 5. The van der Waals surface area contributed by atoms with Crippen LogP contribution in [0.4, 0.5) is 13.2 Å². The molecule has 0 spiro atoms. The number of carboxylic acid groups (broad SMARTS) is 1. The van der Waals surface area contributed by atoms with Crippen LogP contribution >= 0.6 is 0 Å². The second-order valence-electron chi connectivity index (χ2n) is 7.72. The van der Waals surface area contributed by atoms with Gasteiger partial charge >= 0.3 is 12.1 Å². The maximum absolute atomic E-state index is 12.2. The van der Waals surface area contributed by atoms with Crippen LogP contribution in [0.15, 0.2) is 35.7 Å². The first-order valence-electron chi connectivity index (χ1n) is 9.80. The predicted octanol–water partition coefficient (Wildman–Crippen LogP) is 2.02. The molecule has 0 bridgehead atoms. The Kier molecular flexibility index (Phi) is 6.98. The van der Waals surface area contributed by atoms with Crippen LogP contribution < -0.4 is 0 Å². The van der Waals surface area contributed by atoms with Gasteiger partial charge in [-0.3, -0.25) is 14.4 Å². The molecule has 4 rings (SSSR count). The number of furan rings is 1. The van der Waals surface area contributed by atoms with Crippen LogP contribution in [0.5, 0.6) is 0 Å². The first-order valence-corrected chi connectivity index (χ1v) is 9.80. The van der Waals surface area contributed by atoms with Gasteiger partial charge in [0.1, 0.15) is 12.7 Å². The largest absolute Gasteiger partial charge is 0.490 e. The van der Waals surface area contributed by atoms with Crippen molar-refractivity contribution in [2.45, 2.75) is 51.1 Å². The highest BCUT2D eigenvalue weighted by atomic mass is 19.4. The summed E-state index contributed by atoms with van der Waals surface area (Å²) < 4.78 is 38.7. The van der Waals surface area contributed by atoms with Gasteiger partial charge in [0.05, 0.1) is 25.1 Å². The summed E-state index contributed by atoms with van der Waals surface area (Å²) in [5.74, 6) is -2.05. The molecular weight excluding hydrogens is 419 g/mol. The van der Waals surface area contributed by atoms with Gasteiger partial charge in [-0.15, -0.1) is 0 Å². The average Bonchev–Trinajstić information content (AvgIpc) is 3.42. The Hall–Kier alpha value is -2.89. The van der Waals surface area contributed by atoms with E-state index in [4.69, 9.17) is 14.3 Å². The lowest BCUT2D eigenvalue weighted by Gasteiger charge is -2.38. The molecule has 2 aliphatic rings. The van der Waals surface area contributed by atoms with Gasteiger partial charge in [0.2, 0.25) is 5.91 Å². The van der Waals surface area contributed by atoms with E-state index in [1.54, 1.807) is 25.8 Å². The third-order valence-corrected chi connectivity index (χ3v) is 5.56. The molecule has 9 nitrogen and oxygen atoms in total. The van der Waals surface area contributed by atoms with Gasteiger partial charge in [0, 0.05) is 38.2 Å². The summed E-state index contributed by atoms with van der Waals surface area (Å²) in [7, 11) is 0. The molecule has 2 fully saturated rings. The molecule has 0 aliphatic carbocycles. The molecule has 170 valence electrons. The molecule has 2 saturated heterocycles. The Bertz CT molecular complexity index is 857. The highest BCUT2D eigenvalue weighted by Gasteiger charge is 2.45. The predicted molar refractivity (Wildman–Crippen MR) is 101 cm³/mol. The van der Waals surface area contributed by atoms with Crippen LogP contribution in [-0.2, 0) is 22.7 Å². The van der Waals surface area contributed by atoms with E-state index in [9.17, 15) is 18.0 Å². The zero-order valence-electron chi connectivity index (χ0n) is 16.9. The number of alkyl halides is 3. The van der Waals surface area contributed by atoms with E-state index in [0.29, 0.717) is 12.0 Å². The smallest absolute Gasteiger partial charge is 0.475 e. The van der Waals surface area contributed by atoms with Gasteiger partial charge in [-0.1, -0.05) is 0 Å². The number of rotatable bonds is 4. The molecule has 1 N–H and O–H groups in total. The maximum Gasteiger partial charge on any atom is 0.490 e. The van der Waals surface area contributed by atoms with Crippen molar-refractivity contribution in [3.63, 3.8) is 0 Å². The van der Waals surface area contributed by atoms with Crippen molar-refractivity contribution in [1.29, 1.82) is 0 Å². The SMILES string of the molecule is CC(=O)N1[C@H](Cn2cncn2)C[C@@H]2CN(Cc3ccoc3)CC[C@@H]21.O=C(O)C(F)(F)F. The van der Waals surface area contributed by atoms with E-state index in [2.05, 4.69) is 19.9 Å². The molecular formula is C19H24F3N5O4. The second-order valence-corrected chi connectivity index (χ2v) is 7.72. The Morgan fingerprint density at radius 3 is 2.65 bits per heavy atom. The van der Waals surface area contributed by atoms with Crippen molar-refractivity contribution in [1.82, 2.24) is 24.6 Å². The molecule has 4 heterocycles. The number of likely N-dealkylation sites (tertiary alicyclic amines) is 2. The molecule has 1 amide bonds. The normalized spacial score (nSPS) is 23.7. The molecule has 31 heavy (non-hydrogen) atoms. The van der Waals surface area contributed by atoms with Crippen LogP contribution in [0.3, 0.4) is 0 Å². The Labute approximate surface area is 176 Å². The molecule has 0 aromatic carbocycles. The third-order valence-electron chi connectivity index (χ3n) is 5.56. The Morgan fingerprint density at radius 1 is 1.35 bits per heavy atom. The average molecular weight is 443 g/mol. The number of carboxylic acids is 1. The summed E-state index contributed by atoms with van der Waals surface area (Å²) >= 11 is 0. The van der Waals surface area contributed by atoms with Crippen molar-refractivity contribution in [2.24, 2.45) is 5.92 Å². The minimum Gasteiger partial charge on any atom is -0.475 e. The van der Waals surface area contributed by atoms with E-state index in [1.807, 2.05) is 17.0 Å². The number of carbonyl (C=O) groups is 2. The van der Waals surface area contributed by atoms with E-state index in [1.165, 1.54) is 5.56 Å². The number of carbonyl (C=O) groups excluding carboxylic acids is 1. The van der Waals surface area contributed by atoms with Crippen LogP contribution in [0.1, 0.15) is 25.3 Å². The summed E-state index contributed by atoms with van der Waals surface area (Å²) in [5.41, 5.74) is 1.22. The van der Waals surface area contributed by atoms with Crippen LogP contribution in [0.2, 0.25) is 0 Å². The van der Waals surface area contributed by atoms with Crippen molar-refractivity contribution >= 4 is 11.9 Å². The fraction of sp³-hybridized carbons (Fsp3) is 0.579. The Balaban J connectivity index is 0.000000339. The van der Waals surface area contributed by atoms with E-state index < -0.39 is 12.1 Å². The lowest BCUT2D eigenvalue weighted by molar-refractivity contribution is -0.192. The Morgan fingerprint density at radius 2 is 2.10 bits per heavy atom. The summed E-state index contributed by atoms with van der Waals surface area (Å²) in [6, 6.07) is 2.60. The van der Waals surface area contributed by atoms with Gasteiger partial charge < -0.3 is 14.4 Å². The molecule has 2 aliphatic heterocycles. The molecule has 2 aromatic rings. The molecule has 0 saturated carbocycles. The fourth-order valence-corrected chi connectivity index (χ4v) is 4.41. The summed E-state index contributed by atoms with van der Waals surface area (Å²) in [6.45, 7) is 5.40. The quantitative estimate of drug-likeness (QED) is 0.771. The lowest BCUT2D eigenvalue weighted by atomic mass is 9.92. The number of hydrogen-bond donors (Lipinski definition) is 1. The van der Waals surface area contributed by atoms with Crippen molar-refractivity contribution in [3.8, 4) is 0 Å². The number of hydrogen-bond acceptors (Lipinski definition) is 6. The fourth-order valence-electron chi connectivity index (χ4n) is 4.41. The highest BCUT2D eigenvalue weighted by Crippen LogP contribution is 2.36. The summed E-state index contributed by atoms with van der Waals surface area (Å²) in [5, 5.41) is 11.3. The van der Waals surface area contributed by atoms with Crippen molar-refractivity contribution in [3.05, 3.63) is 36.8 Å². The second kappa shape index (κ2) is 9.50. The maximum atomic E-state index is 12.2. The van der Waals surface area contributed by atoms with Crippen molar-refractivity contribution < 1.29 is 32.3 Å². The molecule has 3 atom stereocenters. The van der Waals surface area contributed by atoms with Gasteiger partial charge in [-0.05, 0) is 24.8 Å². The molecule has 12 heteroatoms. The van der Waals surface area contributed by atoms with E-state index >= 15 is 0 Å². The minimum absolute atomic E-state index is 0.177. The van der Waals surface area contributed by atoms with Crippen LogP contribution in [0.25, 0.3) is 0 Å². The lowest BCUT2D eigenvalue weighted by Crippen LogP contribution is -2.48. The minimum atomic E-state index is -5.08. The van der Waals surface area contributed by atoms with Gasteiger partial charge in [0.15, 0.2) is 0 Å². The standard InChI is InChI=1S/C17H23N5O2.C2HF3O2/c1-13(23)22-16(9-21-12-18-11-19-21)6-15-8-20(4-2-17(15)22)7-14-3-5-24-10-14;3-2(4,5)1(6)7/h3,5,10-12,15-17H,2,4,6-9H2,1H3;(H,6,7)/t15-,16+,17+;/m1./s1. The highest BCUT2D eigenvalue weighted by molar-refractivity contribution is 5.74. The zero-order valence-corrected chi connectivity index (χ0v) is 16.9. The number of fused-ring (bicyclic) bond motifs is 1. The summed E-state index contributed by atoms with van der Waals surface area (Å²) in [4.78, 5) is 29.7. The van der Waals surface area contributed by atoms with E-state index in [0.717, 1.165) is 39.0 Å². The number of amides is 1. The number of piperidine rings is 1. The topological polar surface area (TPSA) is 105 Å². The third kappa shape index (κ3) is 5.84. The number of aromatic nitrogens is 3. The molecule has 0 unspecified atom stereocenters. The van der Waals surface area contributed by atoms with Gasteiger partial charge in [-0.25, -0.2) is 9.78 Å². The first-order chi connectivity index (χ1) is 14.6. The summed E-state index contributed by atoms with van der Waals surface area (Å²) in [6.07, 6.45) is 3.81. The molecule has 0 radical (unpaired) electrons. The van der Waals surface area contributed by atoms with Gasteiger partial charge in [0.25, 0.3) is 0 Å². The number of aliphatic carboxylic acids is 1. The first kappa shape index (κ1) is 22.8. The molecule has 2 aromatic heterocycles. The van der Waals surface area contributed by atoms with Gasteiger partial charge in [-0.2, -0.15) is 18.3 Å². The zero-order chi connectivity index (χ0) is 22.6. The van der Waals surface area contributed by atoms with Crippen LogP contribution in [-0.4, -0.2) is 72.9 Å². The number of halogens is 3. The monoisotopic (exact) mass is 443 g/mol.